The second kappa shape index (κ2) is 4.45. The second-order valence-corrected chi connectivity index (χ2v) is 3.67. The normalized spacial score (nSPS) is 25.3. The summed E-state index contributed by atoms with van der Waals surface area (Å²) in [5.74, 6) is -0.256. The summed E-state index contributed by atoms with van der Waals surface area (Å²) in [6.45, 7) is 1.71. The van der Waals surface area contributed by atoms with Crippen LogP contribution in [0.15, 0.2) is 30.3 Å². The lowest BCUT2D eigenvalue weighted by molar-refractivity contribution is -0.143. The van der Waals surface area contributed by atoms with E-state index in [0.717, 1.165) is 12.8 Å². The van der Waals surface area contributed by atoms with Crippen LogP contribution in [0, 0.1) is 0 Å². The van der Waals surface area contributed by atoms with Crippen molar-refractivity contribution in [3.05, 3.63) is 35.9 Å². The van der Waals surface area contributed by atoms with E-state index in [1.165, 1.54) is 5.56 Å². The number of carbonyl (C=O) groups is 1. The van der Waals surface area contributed by atoms with Crippen LogP contribution in [-0.2, 0) is 20.7 Å². The Balaban J connectivity index is 1.82. The van der Waals surface area contributed by atoms with Crippen molar-refractivity contribution in [3.63, 3.8) is 0 Å². The SMILES string of the molecule is C[C@@H]1O[C@@H](CCc2ccccc2)OC1=O. The number of aryl methyl sites for hydroxylation is 1. The van der Waals surface area contributed by atoms with E-state index in [1.54, 1.807) is 6.92 Å². The van der Waals surface area contributed by atoms with E-state index in [0.29, 0.717) is 0 Å². The van der Waals surface area contributed by atoms with Crippen molar-refractivity contribution in [2.75, 3.05) is 0 Å². The monoisotopic (exact) mass is 206 g/mol. The van der Waals surface area contributed by atoms with Gasteiger partial charge in [-0.1, -0.05) is 30.3 Å². The molecule has 0 bridgehead atoms. The Morgan fingerprint density at radius 1 is 1.27 bits per heavy atom. The van der Waals surface area contributed by atoms with E-state index < -0.39 is 6.10 Å². The average Bonchev–Trinajstić information content (AvgIpc) is 2.57. The molecule has 3 nitrogen and oxygen atoms in total. The number of rotatable bonds is 3. The molecule has 1 aromatic carbocycles. The van der Waals surface area contributed by atoms with Crippen LogP contribution in [0.3, 0.4) is 0 Å². The topological polar surface area (TPSA) is 35.5 Å². The fourth-order valence-electron chi connectivity index (χ4n) is 1.59. The molecule has 1 aliphatic heterocycles. The Labute approximate surface area is 89.0 Å². The minimum absolute atomic E-state index is 0.256. The molecule has 0 aliphatic carbocycles. The average molecular weight is 206 g/mol. The quantitative estimate of drug-likeness (QED) is 0.709. The lowest BCUT2D eigenvalue weighted by Crippen LogP contribution is -2.10. The molecule has 0 amide bonds. The smallest absolute Gasteiger partial charge is 0.337 e. The highest BCUT2D eigenvalue weighted by Gasteiger charge is 2.30. The standard InChI is InChI=1S/C12H14O3/c1-9-12(13)15-11(14-9)8-7-10-5-3-2-4-6-10/h2-6,9,11H,7-8H2,1H3/t9-,11+/m0/s1. The molecule has 0 unspecified atom stereocenters. The number of cyclic esters (lactones) is 1. The van der Waals surface area contributed by atoms with Gasteiger partial charge in [0.2, 0.25) is 6.29 Å². The fraction of sp³-hybridized carbons (Fsp3) is 0.417. The molecule has 0 aromatic heterocycles. The summed E-state index contributed by atoms with van der Waals surface area (Å²) in [6.07, 6.45) is 0.810. The van der Waals surface area contributed by atoms with Crippen LogP contribution in [-0.4, -0.2) is 18.4 Å². The van der Waals surface area contributed by atoms with Gasteiger partial charge in [0.15, 0.2) is 6.10 Å². The summed E-state index contributed by atoms with van der Waals surface area (Å²) in [4.78, 5) is 11.0. The first-order valence-corrected chi connectivity index (χ1v) is 5.15. The van der Waals surface area contributed by atoms with Gasteiger partial charge < -0.3 is 9.47 Å². The minimum Gasteiger partial charge on any atom is -0.434 e. The number of ether oxygens (including phenoxy) is 2. The van der Waals surface area contributed by atoms with E-state index >= 15 is 0 Å². The predicted molar refractivity (Wildman–Crippen MR) is 55.2 cm³/mol. The lowest BCUT2D eigenvalue weighted by Gasteiger charge is -2.08. The fourth-order valence-corrected chi connectivity index (χ4v) is 1.59. The van der Waals surface area contributed by atoms with Gasteiger partial charge in [0.05, 0.1) is 0 Å². The van der Waals surface area contributed by atoms with Crippen molar-refractivity contribution < 1.29 is 14.3 Å². The first-order valence-electron chi connectivity index (χ1n) is 5.15. The van der Waals surface area contributed by atoms with Gasteiger partial charge in [-0.05, 0) is 18.9 Å². The highest BCUT2D eigenvalue weighted by Crippen LogP contribution is 2.17. The highest BCUT2D eigenvalue weighted by molar-refractivity contribution is 5.75. The second-order valence-electron chi connectivity index (χ2n) is 3.67. The first kappa shape index (κ1) is 10.2. The largest absolute Gasteiger partial charge is 0.434 e. The van der Waals surface area contributed by atoms with Gasteiger partial charge in [-0.15, -0.1) is 0 Å². The zero-order valence-electron chi connectivity index (χ0n) is 8.68. The van der Waals surface area contributed by atoms with Gasteiger partial charge in [0.25, 0.3) is 0 Å². The van der Waals surface area contributed by atoms with Gasteiger partial charge >= 0.3 is 5.97 Å². The van der Waals surface area contributed by atoms with Gasteiger partial charge in [-0.2, -0.15) is 0 Å². The molecular formula is C12H14O3. The summed E-state index contributed by atoms with van der Waals surface area (Å²) >= 11 is 0. The molecular weight excluding hydrogens is 192 g/mol. The minimum atomic E-state index is -0.411. The van der Waals surface area contributed by atoms with Crippen LogP contribution in [0.25, 0.3) is 0 Å². The van der Waals surface area contributed by atoms with Gasteiger partial charge in [0, 0.05) is 6.42 Å². The van der Waals surface area contributed by atoms with Crippen molar-refractivity contribution in [2.45, 2.75) is 32.2 Å². The van der Waals surface area contributed by atoms with Crippen LogP contribution < -0.4 is 0 Å². The Hall–Kier alpha value is -1.35. The maximum Gasteiger partial charge on any atom is 0.337 e. The van der Waals surface area contributed by atoms with E-state index in [2.05, 4.69) is 12.1 Å². The van der Waals surface area contributed by atoms with Crippen molar-refractivity contribution in [1.82, 2.24) is 0 Å². The molecule has 2 rings (SSSR count). The van der Waals surface area contributed by atoms with E-state index in [4.69, 9.17) is 9.47 Å². The Kier molecular flexibility index (Phi) is 3.02. The van der Waals surface area contributed by atoms with Gasteiger partial charge in [0.1, 0.15) is 0 Å². The first-order chi connectivity index (χ1) is 7.25. The zero-order chi connectivity index (χ0) is 10.7. The highest BCUT2D eigenvalue weighted by atomic mass is 16.7. The summed E-state index contributed by atoms with van der Waals surface area (Å²) in [5, 5.41) is 0. The lowest BCUT2D eigenvalue weighted by atomic mass is 10.1. The van der Waals surface area contributed by atoms with Crippen LogP contribution in [0.5, 0.6) is 0 Å². The van der Waals surface area contributed by atoms with Crippen LogP contribution in [0.1, 0.15) is 18.9 Å². The zero-order valence-corrected chi connectivity index (χ0v) is 8.68. The maximum absolute atomic E-state index is 11.0. The Morgan fingerprint density at radius 3 is 2.60 bits per heavy atom. The summed E-state index contributed by atoms with van der Waals surface area (Å²) in [6, 6.07) is 10.1. The molecule has 80 valence electrons. The maximum atomic E-state index is 11.0. The summed E-state index contributed by atoms with van der Waals surface area (Å²) in [7, 11) is 0. The molecule has 1 saturated heterocycles. The van der Waals surface area contributed by atoms with Crippen LogP contribution in [0.4, 0.5) is 0 Å². The molecule has 1 aliphatic rings. The van der Waals surface area contributed by atoms with E-state index in [9.17, 15) is 4.79 Å². The molecule has 15 heavy (non-hydrogen) atoms. The van der Waals surface area contributed by atoms with Crippen molar-refractivity contribution in [2.24, 2.45) is 0 Å². The molecule has 1 heterocycles. The third kappa shape index (κ3) is 2.57. The molecule has 1 aromatic rings. The molecule has 1 fully saturated rings. The van der Waals surface area contributed by atoms with E-state index in [1.807, 2.05) is 18.2 Å². The van der Waals surface area contributed by atoms with E-state index in [-0.39, 0.29) is 12.3 Å². The van der Waals surface area contributed by atoms with Crippen molar-refractivity contribution in [1.29, 1.82) is 0 Å². The molecule has 0 saturated carbocycles. The molecule has 0 N–H and O–H groups in total. The molecule has 3 heteroatoms. The van der Waals surface area contributed by atoms with Gasteiger partial charge in [-0.3, -0.25) is 0 Å². The number of esters is 1. The molecule has 0 radical (unpaired) electrons. The predicted octanol–water partition coefficient (Wildman–Crippen LogP) is 1.91. The number of hydrogen-bond donors (Lipinski definition) is 0. The Morgan fingerprint density at radius 2 is 2.00 bits per heavy atom. The van der Waals surface area contributed by atoms with Crippen LogP contribution >= 0.6 is 0 Å². The molecule has 2 atom stereocenters. The van der Waals surface area contributed by atoms with Crippen LogP contribution in [0.2, 0.25) is 0 Å². The number of hydrogen-bond acceptors (Lipinski definition) is 3. The van der Waals surface area contributed by atoms with Crippen molar-refractivity contribution in [3.8, 4) is 0 Å². The summed E-state index contributed by atoms with van der Waals surface area (Å²) < 4.78 is 10.4. The molecule has 0 spiro atoms. The van der Waals surface area contributed by atoms with Gasteiger partial charge in [-0.25, -0.2) is 4.79 Å². The third-order valence-corrected chi connectivity index (χ3v) is 2.45. The number of carbonyl (C=O) groups excluding carboxylic acids is 1. The Bertz CT molecular complexity index is 334. The number of benzene rings is 1. The third-order valence-electron chi connectivity index (χ3n) is 2.45. The van der Waals surface area contributed by atoms with Crippen molar-refractivity contribution >= 4 is 5.97 Å². The summed E-state index contributed by atoms with van der Waals surface area (Å²) in [5.41, 5.74) is 1.23.